The molecule has 0 saturated carbocycles. The minimum atomic E-state index is -1.28. The molecule has 1 heterocycles. The van der Waals surface area contributed by atoms with Crippen molar-refractivity contribution in [1.29, 1.82) is 0 Å². The average molecular weight is 487 g/mol. The van der Waals surface area contributed by atoms with Gasteiger partial charge in [-0.1, -0.05) is 42.5 Å². The van der Waals surface area contributed by atoms with Crippen molar-refractivity contribution >= 4 is 40.5 Å². The number of hydrogen-bond acceptors (Lipinski definition) is 5. The minimum Gasteiger partial charge on any atom is -0.513 e. The second-order valence-electron chi connectivity index (χ2n) is 8.68. The van der Waals surface area contributed by atoms with Gasteiger partial charge in [0.1, 0.15) is 11.7 Å². The van der Waals surface area contributed by atoms with Crippen LogP contribution in [-0.2, 0) is 9.59 Å². The number of aromatic hydroxyl groups is 1. The van der Waals surface area contributed by atoms with E-state index in [1.165, 1.54) is 28.9 Å². The number of aliphatic hydroxyl groups is 1. The third-order valence-corrected chi connectivity index (χ3v) is 6.32. The van der Waals surface area contributed by atoms with Gasteiger partial charge in [-0.25, -0.2) is 0 Å². The van der Waals surface area contributed by atoms with Crippen molar-refractivity contribution in [2.24, 2.45) is 5.92 Å². The van der Waals surface area contributed by atoms with E-state index in [1.54, 1.807) is 30.3 Å². The van der Waals surface area contributed by atoms with Crippen LogP contribution in [0.5, 0.6) is 5.75 Å². The van der Waals surface area contributed by atoms with Crippen molar-refractivity contribution in [1.82, 2.24) is 0 Å². The molecule has 0 radical (unpaired) electrons. The highest BCUT2D eigenvalue weighted by Crippen LogP contribution is 2.40. The minimum absolute atomic E-state index is 0.0492. The maximum absolute atomic E-state index is 14.0. The molecule has 6 nitrogen and oxygen atoms in total. The summed E-state index contributed by atoms with van der Waals surface area (Å²) in [5, 5.41) is 20.8. The SMILES string of the molecule is C/C(O)=C/C(c1ccccc1O)C1C(=O)N(c2cccc(C)c2)C(=S)N(c2cccc(C)c2)C1=O. The molecule has 0 aliphatic carbocycles. The molecular formula is C28H26N2O4S. The van der Waals surface area contributed by atoms with E-state index in [0.717, 1.165) is 11.1 Å². The van der Waals surface area contributed by atoms with Crippen LogP contribution in [0.4, 0.5) is 11.4 Å². The summed E-state index contributed by atoms with van der Waals surface area (Å²) in [6.45, 7) is 5.28. The zero-order chi connectivity index (χ0) is 25.3. The molecule has 0 aromatic heterocycles. The number of hydrogen-bond donors (Lipinski definition) is 2. The summed E-state index contributed by atoms with van der Waals surface area (Å²) < 4.78 is 0. The lowest BCUT2D eigenvalue weighted by Crippen LogP contribution is -2.61. The van der Waals surface area contributed by atoms with Gasteiger partial charge in [-0.2, -0.15) is 0 Å². The zero-order valence-electron chi connectivity index (χ0n) is 19.7. The van der Waals surface area contributed by atoms with Crippen molar-refractivity contribution in [3.8, 4) is 5.75 Å². The third kappa shape index (κ3) is 4.68. The molecule has 1 unspecified atom stereocenters. The van der Waals surface area contributed by atoms with Gasteiger partial charge in [0, 0.05) is 11.5 Å². The first-order valence-electron chi connectivity index (χ1n) is 11.2. The van der Waals surface area contributed by atoms with Crippen molar-refractivity contribution in [3.05, 3.63) is 101 Å². The Morgan fingerprint density at radius 3 is 1.86 bits per heavy atom. The number of benzene rings is 3. The van der Waals surface area contributed by atoms with Crippen molar-refractivity contribution in [3.63, 3.8) is 0 Å². The largest absolute Gasteiger partial charge is 0.513 e. The molecule has 35 heavy (non-hydrogen) atoms. The Balaban J connectivity index is 1.94. The van der Waals surface area contributed by atoms with E-state index in [0.29, 0.717) is 16.9 Å². The van der Waals surface area contributed by atoms with Gasteiger partial charge in [0.25, 0.3) is 0 Å². The molecule has 178 valence electrons. The Morgan fingerprint density at radius 1 is 0.886 bits per heavy atom. The number of aliphatic hydroxyl groups excluding tert-OH is 1. The van der Waals surface area contributed by atoms with Gasteiger partial charge in [-0.3, -0.25) is 19.4 Å². The summed E-state index contributed by atoms with van der Waals surface area (Å²) in [6.07, 6.45) is 1.42. The fourth-order valence-corrected chi connectivity index (χ4v) is 4.77. The lowest BCUT2D eigenvalue weighted by molar-refractivity contribution is -0.132. The Morgan fingerprint density at radius 2 is 1.40 bits per heavy atom. The Labute approximate surface area is 209 Å². The van der Waals surface area contributed by atoms with E-state index in [4.69, 9.17) is 12.2 Å². The smallest absolute Gasteiger partial charge is 0.246 e. The summed E-state index contributed by atoms with van der Waals surface area (Å²) in [7, 11) is 0. The van der Waals surface area contributed by atoms with Gasteiger partial charge < -0.3 is 10.2 Å². The maximum Gasteiger partial charge on any atom is 0.246 e. The molecule has 1 saturated heterocycles. The molecule has 7 heteroatoms. The number of anilines is 2. The number of phenols is 1. The van der Waals surface area contributed by atoms with Gasteiger partial charge >= 0.3 is 0 Å². The van der Waals surface area contributed by atoms with Crippen molar-refractivity contribution < 1.29 is 19.8 Å². The second kappa shape index (κ2) is 9.72. The summed E-state index contributed by atoms with van der Waals surface area (Å²) in [5.74, 6) is -3.41. The summed E-state index contributed by atoms with van der Waals surface area (Å²) in [6, 6.07) is 21.1. The predicted octanol–water partition coefficient (Wildman–Crippen LogP) is 5.54. The maximum atomic E-state index is 14.0. The number of carbonyl (C=O) groups is 2. The summed E-state index contributed by atoms with van der Waals surface area (Å²) in [5.41, 5.74) is 3.29. The molecule has 0 spiro atoms. The quantitative estimate of drug-likeness (QED) is 0.281. The van der Waals surface area contributed by atoms with Crippen LogP contribution in [0, 0.1) is 19.8 Å². The van der Waals surface area contributed by atoms with E-state index in [2.05, 4.69) is 0 Å². The van der Waals surface area contributed by atoms with E-state index in [9.17, 15) is 19.8 Å². The third-order valence-electron chi connectivity index (χ3n) is 5.95. The number of nitrogens with zero attached hydrogens (tertiary/aromatic N) is 2. The molecule has 0 bridgehead atoms. The normalized spacial score (nSPS) is 16.1. The number of aryl methyl sites for hydroxylation is 2. The highest BCUT2D eigenvalue weighted by Gasteiger charge is 2.49. The number of carbonyl (C=O) groups excluding carboxylic acids is 2. The highest BCUT2D eigenvalue weighted by atomic mass is 32.1. The molecule has 2 N–H and O–H groups in total. The van der Waals surface area contributed by atoms with Gasteiger partial charge in [0.15, 0.2) is 5.11 Å². The van der Waals surface area contributed by atoms with Crippen LogP contribution >= 0.6 is 12.2 Å². The van der Waals surface area contributed by atoms with Crippen molar-refractivity contribution in [2.45, 2.75) is 26.7 Å². The van der Waals surface area contributed by atoms with Crippen LogP contribution in [0.2, 0.25) is 0 Å². The number of thiocarbonyl (C=S) groups is 1. The number of para-hydroxylation sites is 1. The van der Waals surface area contributed by atoms with E-state index in [-0.39, 0.29) is 16.6 Å². The number of phenolic OH excluding ortho intramolecular Hbond substituents is 1. The average Bonchev–Trinajstić information content (AvgIpc) is 2.79. The molecule has 1 fully saturated rings. The molecule has 2 amide bonds. The lowest BCUT2D eigenvalue weighted by Gasteiger charge is -2.41. The van der Waals surface area contributed by atoms with Gasteiger partial charge in [-0.15, -0.1) is 0 Å². The number of rotatable bonds is 5. The zero-order valence-corrected chi connectivity index (χ0v) is 20.5. The van der Waals surface area contributed by atoms with Gasteiger partial charge in [0.2, 0.25) is 11.8 Å². The predicted molar refractivity (Wildman–Crippen MR) is 141 cm³/mol. The lowest BCUT2D eigenvalue weighted by atomic mass is 9.81. The van der Waals surface area contributed by atoms with E-state index < -0.39 is 23.7 Å². The molecule has 3 aromatic carbocycles. The molecule has 4 rings (SSSR count). The van der Waals surface area contributed by atoms with Crippen molar-refractivity contribution in [2.75, 3.05) is 9.80 Å². The van der Waals surface area contributed by atoms with Crippen LogP contribution < -0.4 is 9.80 Å². The van der Waals surface area contributed by atoms with Crippen LogP contribution in [0.25, 0.3) is 0 Å². The Kier molecular flexibility index (Phi) is 6.71. The molecule has 1 aliphatic rings. The van der Waals surface area contributed by atoms with Gasteiger partial charge in [0.05, 0.1) is 17.1 Å². The topological polar surface area (TPSA) is 81.1 Å². The standard InChI is InChI=1S/C28H26N2O4S/c1-17-8-6-10-20(14-17)29-26(33)25(23(16-19(3)31)22-12-4-5-13-24(22)32)27(34)30(28(29)35)21-11-7-9-18(2)15-21/h4-16,23,25,31-32H,1-3H3/b19-16-. The molecule has 1 atom stereocenters. The Bertz CT molecular complexity index is 1280. The number of amides is 2. The van der Waals surface area contributed by atoms with Crippen LogP contribution in [-0.4, -0.2) is 27.1 Å². The van der Waals surface area contributed by atoms with Gasteiger partial charge in [-0.05, 0) is 80.5 Å². The monoisotopic (exact) mass is 486 g/mol. The molecular weight excluding hydrogens is 460 g/mol. The number of allylic oxidation sites excluding steroid dienone is 2. The fraction of sp³-hybridized carbons (Fsp3) is 0.179. The van der Waals surface area contributed by atoms with E-state index in [1.807, 2.05) is 50.2 Å². The fourth-order valence-electron chi connectivity index (χ4n) is 4.38. The highest BCUT2D eigenvalue weighted by molar-refractivity contribution is 7.81. The summed E-state index contributed by atoms with van der Waals surface area (Å²) in [4.78, 5) is 30.7. The summed E-state index contributed by atoms with van der Waals surface area (Å²) >= 11 is 5.72. The van der Waals surface area contributed by atoms with Crippen LogP contribution in [0.3, 0.4) is 0 Å². The Hall–Kier alpha value is -3.97. The second-order valence-corrected chi connectivity index (χ2v) is 9.04. The molecule has 1 aliphatic heterocycles. The first kappa shape index (κ1) is 24.2. The first-order chi connectivity index (χ1) is 16.7. The van der Waals surface area contributed by atoms with Crippen LogP contribution in [0.1, 0.15) is 29.5 Å². The van der Waals surface area contributed by atoms with E-state index >= 15 is 0 Å². The first-order valence-corrected chi connectivity index (χ1v) is 11.6. The molecule has 3 aromatic rings. The van der Waals surface area contributed by atoms with Crippen LogP contribution in [0.15, 0.2) is 84.6 Å².